The largest absolute Gasteiger partial charge is 0.481 e. The number of carboxylic acid groups (broad SMARTS) is 1. The maximum absolute atomic E-state index is 12.7. The van der Waals surface area contributed by atoms with Crippen LogP contribution in [0.1, 0.15) is 51.4 Å². The molecular formula is C15H25NO4. The average molecular weight is 283 g/mol. The first-order chi connectivity index (χ1) is 9.65. The number of aliphatic carboxylic acids is 1. The Hall–Kier alpha value is -1.10. The number of carbonyl (C=O) groups is 2. The molecule has 20 heavy (non-hydrogen) atoms. The van der Waals surface area contributed by atoms with Crippen LogP contribution in [-0.2, 0) is 9.59 Å². The first-order valence-corrected chi connectivity index (χ1v) is 7.79. The zero-order chi connectivity index (χ0) is 14.5. The third kappa shape index (κ3) is 3.32. The molecule has 1 amide bonds. The molecule has 0 aromatic rings. The van der Waals surface area contributed by atoms with Crippen LogP contribution in [0.15, 0.2) is 0 Å². The number of carbonyl (C=O) groups excluding carboxylic acids is 1. The Kier molecular flexibility index (Phi) is 5.40. The molecule has 2 aliphatic rings. The van der Waals surface area contributed by atoms with Crippen molar-refractivity contribution in [1.82, 2.24) is 4.90 Å². The average Bonchev–Trinajstić information content (AvgIpc) is 2.40. The van der Waals surface area contributed by atoms with Gasteiger partial charge in [0.1, 0.15) is 0 Å². The predicted octanol–water partition coefficient (Wildman–Crippen LogP) is 1.64. The van der Waals surface area contributed by atoms with Crippen molar-refractivity contribution in [3.63, 3.8) is 0 Å². The molecule has 2 aliphatic carbocycles. The molecule has 0 aromatic carbocycles. The molecule has 0 unspecified atom stereocenters. The summed E-state index contributed by atoms with van der Waals surface area (Å²) in [5.41, 5.74) is 0. The van der Waals surface area contributed by atoms with Gasteiger partial charge in [-0.2, -0.15) is 0 Å². The molecule has 0 aliphatic heterocycles. The van der Waals surface area contributed by atoms with E-state index in [1.807, 2.05) is 4.90 Å². The molecular weight excluding hydrogens is 258 g/mol. The maximum atomic E-state index is 12.7. The fourth-order valence-electron chi connectivity index (χ4n) is 3.35. The molecule has 0 saturated heterocycles. The van der Waals surface area contributed by atoms with Crippen LogP contribution < -0.4 is 0 Å². The van der Waals surface area contributed by atoms with E-state index in [2.05, 4.69) is 0 Å². The maximum Gasteiger partial charge on any atom is 0.307 e. The molecule has 0 bridgehead atoms. The van der Waals surface area contributed by atoms with Crippen LogP contribution in [0.2, 0.25) is 0 Å². The molecule has 0 spiro atoms. The normalized spacial score (nSPS) is 26.9. The fourth-order valence-corrected chi connectivity index (χ4v) is 3.35. The van der Waals surface area contributed by atoms with Gasteiger partial charge in [-0.1, -0.05) is 12.8 Å². The van der Waals surface area contributed by atoms with E-state index in [1.165, 1.54) is 0 Å². The first kappa shape index (κ1) is 15.3. The van der Waals surface area contributed by atoms with Crippen molar-refractivity contribution >= 4 is 11.9 Å². The van der Waals surface area contributed by atoms with Crippen LogP contribution in [0.25, 0.3) is 0 Å². The van der Waals surface area contributed by atoms with E-state index in [1.54, 1.807) is 0 Å². The quantitative estimate of drug-likeness (QED) is 0.777. The second kappa shape index (κ2) is 7.07. The Morgan fingerprint density at radius 3 is 2.15 bits per heavy atom. The molecule has 2 fully saturated rings. The van der Waals surface area contributed by atoms with Crippen LogP contribution in [0.3, 0.4) is 0 Å². The number of hydrogen-bond donors (Lipinski definition) is 2. The Bertz CT molecular complexity index is 354. The number of hydrogen-bond acceptors (Lipinski definition) is 3. The zero-order valence-corrected chi connectivity index (χ0v) is 12.0. The number of aliphatic hydroxyl groups excluding tert-OH is 1. The SMILES string of the molecule is O=C(O)[C@H]1CCCC[C@H]1C(=O)N(CCCO)C1CCC1. The summed E-state index contributed by atoms with van der Waals surface area (Å²) in [7, 11) is 0. The topological polar surface area (TPSA) is 77.8 Å². The van der Waals surface area contributed by atoms with Gasteiger partial charge < -0.3 is 15.1 Å². The molecule has 5 heteroatoms. The summed E-state index contributed by atoms with van der Waals surface area (Å²) in [6, 6.07) is 0.269. The van der Waals surface area contributed by atoms with Crippen LogP contribution in [0, 0.1) is 11.8 Å². The van der Waals surface area contributed by atoms with Gasteiger partial charge in [-0.25, -0.2) is 0 Å². The number of rotatable bonds is 6. The number of amides is 1. The van der Waals surface area contributed by atoms with Crippen LogP contribution in [0.5, 0.6) is 0 Å². The van der Waals surface area contributed by atoms with Gasteiger partial charge in [-0.15, -0.1) is 0 Å². The Balaban J connectivity index is 2.05. The number of nitrogens with zero attached hydrogens (tertiary/aromatic N) is 1. The summed E-state index contributed by atoms with van der Waals surface area (Å²) in [6.45, 7) is 0.631. The lowest BCUT2D eigenvalue weighted by Crippen LogP contribution is -2.50. The monoisotopic (exact) mass is 283 g/mol. The van der Waals surface area contributed by atoms with E-state index in [9.17, 15) is 14.7 Å². The first-order valence-electron chi connectivity index (χ1n) is 7.79. The van der Waals surface area contributed by atoms with Gasteiger partial charge in [-0.3, -0.25) is 9.59 Å². The van der Waals surface area contributed by atoms with Crippen molar-refractivity contribution in [2.75, 3.05) is 13.2 Å². The molecule has 2 N–H and O–H groups in total. The van der Waals surface area contributed by atoms with Crippen LogP contribution in [-0.4, -0.2) is 46.2 Å². The summed E-state index contributed by atoms with van der Waals surface area (Å²) >= 11 is 0. The third-order valence-corrected chi connectivity index (χ3v) is 4.76. The number of carboxylic acids is 1. The van der Waals surface area contributed by atoms with Gasteiger partial charge in [0.2, 0.25) is 5.91 Å². The minimum absolute atomic E-state index is 0.00949. The number of aliphatic hydroxyl groups is 1. The summed E-state index contributed by atoms with van der Waals surface area (Å²) in [6.07, 6.45) is 6.90. The van der Waals surface area contributed by atoms with E-state index >= 15 is 0 Å². The molecule has 5 nitrogen and oxygen atoms in total. The summed E-state index contributed by atoms with van der Waals surface area (Å²) in [4.78, 5) is 25.9. The highest BCUT2D eigenvalue weighted by Crippen LogP contribution is 2.34. The summed E-state index contributed by atoms with van der Waals surface area (Å²) in [5.74, 6) is -1.71. The molecule has 2 atom stereocenters. The van der Waals surface area contributed by atoms with Crippen molar-refractivity contribution < 1.29 is 19.8 Å². The highest BCUT2D eigenvalue weighted by atomic mass is 16.4. The van der Waals surface area contributed by atoms with E-state index in [0.29, 0.717) is 25.8 Å². The third-order valence-electron chi connectivity index (χ3n) is 4.76. The van der Waals surface area contributed by atoms with Crippen molar-refractivity contribution in [3.05, 3.63) is 0 Å². The minimum Gasteiger partial charge on any atom is -0.481 e. The van der Waals surface area contributed by atoms with Crippen LogP contribution in [0.4, 0.5) is 0 Å². The molecule has 0 heterocycles. The summed E-state index contributed by atoms with van der Waals surface area (Å²) in [5, 5.41) is 18.3. The smallest absolute Gasteiger partial charge is 0.307 e. The van der Waals surface area contributed by atoms with E-state index in [4.69, 9.17) is 5.11 Å². The van der Waals surface area contributed by atoms with E-state index in [-0.39, 0.29) is 24.5 Å². The van der Waals surface area contributed by atoms with Crippen LogP contribution >= 0.6 is 0 Å². The standard InChI is InChI=1S/C15H25NO4/c17-10-4-9-16(11-5-3-6-11)14(18)12-7-1-2-8-13(12)15(19)20/h11-13,17H,1-10H2,(H,19,20)/t12-,13+/m1/s1. The highest BCUT2D eigenvalue weighted by molar-refractivity contribution is 5.85. The second-order valence-electron chi connectivity index (χ2n) is 6.03. The second-order valence-corrected chi connectivity index (χ2v) is 6.03. The Morgan fingerprint density at radius 1 is 1.00 bits per heavy atom. The van der Waals surface area contributed by atoms with Crippen molar-refractivity contribution in [1.29, 1.82) is 0 Å². The highest BCUT2D eigenvalue weighted by Gasteiger charge is 2.40. The molecule has 0 radical (unpaired) electrons. The van der Waals surface area contributed by atoms with Crippen molar-refractivity contribution in [2.45, 2.75) is 57.4 Å². The van der Waals surface area contributed by atoms with Gasteiger partial charge in [0.25, 0.3) is 0 Å². The molecule has 2 rings (SSSR count). The van der Waals surface area contributed by atoms with Gasteiger partial charge in [-0.05, 0) is 38.5 Å². The van der Waals surface area contributed by atoms with E-state index < -0.39 is 11.9 Å². The van der Waals surface area contributed by atoms with E-state index in [0.717, 1.165) is 32.1 Å². The summed E-state index contributed by atoms with van der Waals surface area (Å²) < 4.78 is 0. The lowest BCUT2D eigenvalue weighted by Gasteiger charge is -2.41. The zero-order valence-electron chi connectivity index (χ0n) is 12.0. The lowest BCUT2D eigenvalue weighted by molar-refractivity contribution is -0.154. The van der Waals surface area contributed by atoms with Crippen molar-refractivity contribution in [2.24, 2.45) is 11.8 Å². The predicted molar refractivity (Wildman–Crippen MR) is 74.1 cm³/mol. The lowest BCUT2D eigenvalue weighted by atomic mass is 9.77. The van der Waals surface area contributed by atoms with Gasteiger partial charge in [0, 0.05) is 19.2 Å². The Labute approximate surface area is 120 Å². The minimum atomic E-state index is -0.834. The van der Waals surface area contributed by atoms with Gasteiger partial charge >= 0.3 is 5.97 Å². The Morgan fingerprint density at radius 2 is 1.65 bits per heavy atom. The van der Waals surface area contributed by atoms with Gasteiger partial charge in [0.15, 0.2) is 0 Å². The molecule has 2 saturated carbocycles. The molecule has 114 valence electrons. The van der Waals surface area contributed by atoms with Gasteiger partial charge in [0.05, 0.1) is 11.8 Å². The van der Waals surface area contributed by atoms with Crippen molar-refractivity contribution in [3.8, 4) is 0 Å². The molecule has 0 aromatic heterocycles. The fraction of sp³-hybridized carbons (Fsp3) is 0.867.